The van der Waals surface area contributed by atoms with Crippen LogP contribution < -0.4 is 11.3 Å². The van der Waals surface area contributed by atoms with Gasteiger partial charge in [0.25, 0.3) is 0 Å². The highest BCUT2D eigenvalue weighted by atomic mass is 15.2. The Bertz CT molecular complexity index is 571. The molecule has 94 valence electrons. The number of rotatable bonds is 2. The molecule has 3 heteroatoms. The summed E-state index contributed by atoms with van der Waals surface area (Å²) in [5.41, 5.74) is 7.27. The first-order valence-corrected chi connectivity index (χ1v) is 6.66. The fraction of sp³-hybridized carbons (Fsp3) is 0.400. The monoisotopic (exact) mass is 241 g/mol. The van der Waals surface area contributed by atoms with Crippen LogP contribution in [0.5, 0.6) is 0 Å². The van der Waals surface area contributed by atoms with E-state index in [9.17, 15) is 0 Å². The predicted molar refractivity (Wildman–Crippen MR) is 75.5 cm³/mol. The number of aromatic nitrogens is 1. The number of anilines is 1. The van der Waals surface area contributed by atoms with Gasteiger partial charge in [-0.3, -0.25) is 10.8 Å². The summed E-state index contributed by atoms with van der Waals surface area (Å²) >= 11 is 0. The fourth-order valence-corrected chi connectivity index (χ4v) is 2.91. The number of nitrogen functional groups attached to an aromatic ring is 1. The molecule has 0 atom stereocenters. The lowest BCUT2D eigenvalue weighted by Crippen LogP contribution is -2.09. The smallest absolute Gasteiger partial charge is 0.0726 e. The molecule has 3 N–H and O–H groups in total. The van der Waals surface area contributed by atoms with E-state index in [0.717, 1.165) is 16.6 Å². The Balaban J connectivity index is 2.15. The largest absolute Gasteiger partial charge is 0.323 e. The van der Waals surface area contributed by atoms with E-state index in [-0.39, 0.29) is 0 Å². The molecule has 18 heavy (non-hydrogen) atoms. The van der Waals surface area contributed by atoms with Gasteiger partial charge in [0, 0.05) is 17.0 Å². The van der Waals surface area contributed by atoms with Gasteiger partial charge in [-0.25, -0.2) is 0 Å². The van der Waals surface area contributed by atoms with Crippen LogP contribution in [0.1, 0.15) is 42.9 Å². The number of hydrogen-bond donors (Lipinski definition) is 2. The third-order valence-corrected chi connectivity index (χ3v) is 3.91. The zero-order valence-electron chi connectivity index (χ0n) is 10.7. The highest BCUT2D eigenvalue weighted by Crippen LogP contribution is 2.35. The minimum absolute atomic E-state index is 0.614. The number of nitrogens with two attached hydrogens (primary N) is 1. The van der Waals surface area contributed by atoms with Gasteiger partial charge in [0.05, 0.1) is 11.2 Å². The topological polar surface area (TPSA) is 50.9 Å². The summed E-state index contributed by atoms with van der Waals surface area (Å²) in [5, 5.41) is 1.11. The Labute approximate surface area is 107 Å². The predicted octanol–water partition coefficient (Wildman–Crippen LogP) is 3.49. The van der Waals surface area contributed by atoms with Gasteiger partial charge in [-0.05, 0) is 38.0 Å². The molecule has 1 saturated carbocycles. The number of aryl methyl sites for hydroxylation is 1. The van der Waals surface area contributed by atoms with Crippen LogP contribution in [-0.4, -0.2) is 4.98 Å². The number of hydrazine groups is 1. The summed E-state index contributed by atoms with van der Waals surface area (Å²) in [4.78, 5) is 4.81. The summed E-state index contributed by atoms with van der Waals surface area (Å²) in [7, 11) is 0. The molecule has 3 nitrogen and oxygen atoms in total. The number of nitrogens with one attached hydrogen (secondary N) is 1. The van der Waals surface area contributed by atoms with Crippen LogP contribution >= 0.6 is 0 Å². The zero-order chi connectivity index (χ0) is 12.5. The third kappa shape index (κ3) is 1.95. The van der Waals surface area contributed by atoms with E-state index >= 15 is 0 Å². The average Bonchev–Trinajstić information content (AvgIpc) is 2.91. The third-order valence-electron chi connectivity index (χ3n) is 3.91. The van der Waals surface area contributed by atoms with E-state index in [2.05, 4.69) is 36.6 Å². The van der Waals surface area contributed by atoms with Crippen LogP contribution in [0.25, 0.3) is 10.9 Å². The van der Waals surface area contributed by atoms with Gasteiger partial charge in [-0.15, -0.1) is 0 Å². The molecular formula is C15H19N3. The lowest BCUT2D eigenvalue weighted by molar-refractivity contribution is 0.701. The maximum absolute atomic E-state index is 5.66. The first-order chi connectivity index (χ1) is 8.78. The van der Waals surface area contributed by atoms with Gasteiger partial charge >= 0.3 is 0 Å². The number of hydrogen-bond acceptors (Lipinski definition) is 3. The van der Waals surface area contributed by atoms with Crippen LogP contribution in [-0.2, 0) is 0 Å². The van der Waals surface area contributed by atoms with E-state index in [1.54, 1.807) is 0 Å². The molecule has 0 bridgehead atoms. The van der Waals surface area contributed by atoms with Gasteiger partial charge in [-0.2, -0.15) is 0 Å². The molecule has 0 spiro atoms. The minimum Gasteiger partial charge on any atom is -0.323 e. The molecule has 1 aliphatic carbocycles. The quantitative estimate of drug-likeness (QED) is 0.625. The van der Waals surface area contributed by atoms with Crippen molar-refractivity contribution in [2.24, 2.45) is 5.84 Å². The van der Waals surface area contributed by atoms with Crippen LogP contribution in [0.2, 0.25) is 0 Å². The molecule has 1 aliphatic rings. The minimum atomic E-state index is 0.614. The summed E-state index contributed by atoms with van der Waals surface area (Å²) in [6, 6.07) is 8.45. The molecular weight excluding hydrogens is 222 g/mol. The number of pyridine rings is 1. The van der Waals surface area contributed by atoms with E-state index < -0.39 is 0 Å². The Morgan fingerprint density at radius 3 is 2.72 bits per heavy atom. The number of nitrogens with zero attached hydrogens (tertiary/aromatic N) is 1. The standard InChI is InChI=1S/C15H19N3/c1-10-6-7-13-12(8-10)15(18-16)9-14(17-13)11-4-2-3-5-11/h6-9,11H,2-5,16H2,1H3,(H,17,18). The lowest BCUT2D eigenvalue weighted by atomic mass is 10.0. The zero-order valence-corrected chi connectivity index (χ0v) is 10.7. The second kappa shape index (κ2) is 4.58. The van der Waals surface area contributed by atoms with Gasteiger partial charge in [0.1, 0.15) is 0 Å². The van der Waals surface area contributed by atoms with Gasteiger partial charge in [0.2, 0.25) is 0 Å². The normalized spacial score (nSPS) is 16.3. The van der Waals surface area contributed by atoms with E-state index in [1.807, 2.05) is 0 Å². The molecule has 1 aromatic carbocycles. The van der Waals surface area contributed by atoms with E-state index in [4.69, 9.17) is 10.8 Å². The summed E-state index contributed by atoms with van der Waals surface area (Å²) in [6.07, 6.45) is 5.16. The lowest BCUT2D eigenvalue weighted by Gasteiger charge is -2.13. The maximum Gasteiger partial charge on any atom is 0.0726 e. The number of fused-ring (bicyclic) bond motifs is 1. The Morgan fingerprint density at radius 2 is 2.00 bits per heavy atom. The highest BCUT2D eigenvalue weighted by Gasteiger charge is 2.19. The van der Waals surface area contributed by atoms with Crippen molar-refractivity contribution in [2.45, 2.75) is 38.5 Å². The van der Waals surface area contributed by atoms with Crippen molar-refractivity contribution in [3.63, 3.8) is 0 Å². The molecule has 0 radical (unpaired) electrons. The van der Waals surface area contributed by atoms with Gasteiger partial charge in [0.15, 0.2) is 0 Å². The summed E-state index contributed by atoms with van der Waals surface area (Å²) in [6.45, 7) is 2.09. The molecule has 3 rings (SSSR count). The molecule has 1 aromatic heterocycles. The molecule has 0 aliphatic heterocycles. The molecule has 0 amide bonds. The van der Waals surface area contributed by atoms with Crippen LogP contribution in [0.4, 0.5) is 5.69 Å². The molecule has 0 saturated heterocycles. The number of benzene rings is 1. The van der Waals surface area contributed by atoms with E-state index in [0.29, 0.717) is 5.92 Å². The Morgan fingerprint density at radius 1 is 1.22 bits per heavy atom. The fourth-order valence-electron chi connectivity index (χ4n) is 2.91. The molecule has 1 heterocycles. The van der Waals surface area contributed by atoms with Crippen molar-refractivity contribution in [2.75, 3.05) is 5.43 Å². The molecule has 2 aromatic rings. The van der Waals surface area contributed by atoms with Crippen molar-refractivity contribution >= 4 is 16.6 Å². The van der Waals surface area contributed by atoms with Crippen molar-refractivity contribution in [1.29, 1.82) is 0 Å². The van der Waals surface area contributed by atoms with E-state index in [1.165, 1.54) is 36.9 Å². The first kappa shape index (κ1) is 11.5. The first-order valence-electron chi connectivity index (χ1n) is 6.66. The Kier molecular flexibility index (Phi) is 2.92. The average molecular weight is 241 g/mol. The Hall–Kier alpha value is -1.61. The van der Waals surface area contributed by atoms with Gasteiger partial charge in [-0.1, -0.05) is 24.5 Å². The maximum atomic E-state index is 5.66. The van der Waals surface area contributed by atoms with Gasteiger partial charge < -0.3 is 5.43 Å². The van der Waals surface area contributed by atoms with Crippen molar-refractivity contribution < 1.29 is 0 Å². The summed E-state index contributed by atoms with van der Waals surface area (Å²) in [5.74, 6) is 6.27. The highest BCUT2D eigenvalue weighted by molar-refractivity contribution is 5.91. The second-order valence-electron chi connectivity index (χ2n) is 5.24. The second-order valence-corrected chi connectivity index (χ2v) is 5.24. The van der Waals surface area contributed by atoms with Crippen LogP contribution in [0, 0.1) is 6.92 Å². The summed E-state index contributed by atoms with van der Waals surface area (Å²) < 4.78 is 0. The van der Waals surface area contributed by atoms with Crippen LogP contribution in [0.15, 0.2) is 24.3 Å². The SMILES string of the molecule is Cc1ccc2nc(C3CCCC3)cc(NN)c2c1. The molecule has 0 unspecified atom stereocenters. The van der Waals surface area contributed by atoms with Crippen molar-refractivity contribution in [1.82, 2.24) is 4.98 Å². The van der Waals surface area contributed by atoms with Crippen molar-refractivity contribution in [3.8, 4) is 0 Å². The van der Waals surface area contributed by atoms with Crippen LogP contribution in [0.3, 0.4) is 0 Å². The van der Waals surface area contributed by atoms with Crippen molar-refractivity contribution in [3.05, 3.63) is 35.5 Å². The molecule has 1 fully saturated rings.